The second-order valence-electron chi connectivity index (χ2n) is 7.14. The summed E-state index contributed by atoms with van der Waals surface area (Å²) in [5, 5.41) is 0.832. The minimum atomic E-state index is -2.64. The molecule has 9 heteroatoms. The van der Waals surface area contributed by atoms with Gasteiger partial charge in [-0.3, -0.25) is 9.46 Å². The van der Waals surface area contributed by atoms with Crippen molar-refractivity contribution in [2.75, 3.05) is 58.6 Å². The first-order valence-corrected chi connectivity index (χ1v) is 12.9. The summed E-state index contributed by atoms with van der Waals surface area (Å²) in [6.45, 7) is 3.36. The number of piperazine rings is 1. The van der Waals surface area contributed by atoms with Crippen LogP contribution in [0.5, 0.6) is 5.75 Å². The molecule has 0 aromatic heterocycles. The second-order valence-corrected chi connectivity index (χ2v) is 11.3. The molecule has 1 unspecified atom stereocenters. The molecule has 2 aliphatic heterocycles. The monoisotopic (exact) mass is 434 g/mol. The Hall–Kier alpha value is -1.67. The molecule has 7 nitrogen and oxygen atoms in total. The highest BCUT2D eigenvalue weighted by Gasteiger charge is 2.41. The number of para-hydroxylation sites is 1. The van der Waals surface area contributed by atoms with Crippen molar-refractivity contribution in [1.82, 2.24) is 4.90 Å². The Morgan fingerprint density at radius 3 is 2.28 bits per heavy atom. The van der Waals surface area contributed by atoms with Gasteiger partial charge in [0.05, 0.1) is 17.2 Å². The number of fused-ring (bicyclic) bond motifs is 3. The summed E-state index contributed by atoms with van der Waals surface area (Å²) in [5.74, 6) is 0.700. The van der Waals surface area contributed by atoms with Crippen molar-refractivity contribution in [3.63, 3.8) is 0 Å². The molecule has 0 saturated carbocycles. The van der Waals surface area contributed by atoms with Crippen molar-refractivity contribution in [3.05, 3.63) is 42.5 Å². The summed E-state index contributed by atoms with van der Waals surface area (Å²) >= 11 is 0. The number of anilines is 1. The lowest BCUT2D eigenvalue weighted by atomic mass is 10.0. The molecule has 2 aromatic carbocycles. The fourth-order valence-electron chi connectivity index (χ4n) is 4.04. The van der Waals surface area contributed by atoms with Gasteiger partial charge in [0.25, 0.3) is 8.03 Å². The van der Waals surface area contributed by atoms with Crippen LogP contribution in [0.3, 0.4) is 0 Å². The van der Waals surface area contributed by atoms with E-state index in [-0.39, 0.29) is 0 Å². The molecule has 0 N–H and O–H groups in total. The van der Waals surface area contributed by atoms with Crippen LogP contribution >= 0.6 is 8.03 Å². The van der Waals surface area contributed by atoms with Crippen molar-refractivity contribution in [2.45, 2.75) is 0 Å². The van der Waals surface area contributed by atoms with Crippen molar-refractivity contribution in [1.29, 1.82) is 0 Å². The van der Waals surface area contributed by atoms with E-state index in [1.54, 1.807) is 21.3 Å². The van der Waals surface area contributed by atoms with Gasteiger partial charge in [-0.25, -0.2) is 0 Å². The zero-order valence-electron chi connectivity index (χ0n) is 17.0. The maximum atomic E-state index is 13.0. The highest BCUT2D eigenvalue weighted by molar-refractivity contribution is 7.49. The van der Waals surface area contributed by atoms with Crippen LogP contribution in [-0.2, 0) is 17.8 Å². The lowest BCUT2D eigenvalue weighted by Gasteiger charge is -2.39. The molecular formula is C20H27N2O5PSi. The molecule has 2 aliphatic rings. The fourth-order valence-corrected chi connectivity index (χ4v) is 7.16. The van der Waals surface area contributed by atoms with Crippen LogP contribution in [0.15, 0.2) is 42.5 Å². The summed E-state index contributed by atoms with van der Waals surface area (Å²) in [6.07, 6.45) is 0.657. The van der Waals surface area contributed by atoms with E-state index in [4.69, 9.17) is 17.8 Å². The first-order valence-electron chi connectivity index (χ1n) is 9.68. The van der Waals surface area contributed by atoms with Crippen LogP contribution in [-0.4, -0.2) is 67.4 Å². The Morgan fingerprint density at radius 1 is 0.931 bits per heavy atom. The van der Waals surface area contributed by atoms with Gasteiger partial charge in [0.15, 0.2) is 0 Å². The first-order chi connectivity index (χ1) is 14.1. The van der Waals surface area contributed by atoms with Crippen LogP contribution in [0.2, 0.25) is 0 Å². The lowest BCUT2D eigenvalue weighted by molar-refractivity contribution is 0.101. The van der Waals surface area contributed by atoms with Gasteiger partial charge in [-0.1, -0.05) is 30.3 Å². The van der Waals surface area contributed by atoms with E-state index in [1.807, 2.05) is 42.5 Å². The standard InChI is InChI=1S/C20H27N2O5PSi/c1-24-29(25-2,26-3)15-21-11-13-22(14-12-21)18-9-6-8-17-16-7-4-5-10-19(16)27-28(23)20(17)18/h4-10,28H,11-15H2,1-3H3. The van der Waals surface area contributed by atoms with E-state index in [0.29, 0.717) is 11.9 Å². The minimum Gasteiger partial charge on any atom is -0.441 e. The molecule has 4 rings (SSSR count). The average molecular weight is 435 g/mol. The molecule has 1 fully saturated rings. The number of rotatable bonds is 6. The molecule has 0 spiro atoms. The summed E-state index contributed by atoms with van der Waals surface area (Å²) < 4.78 is 35.4. The van der Waals surface area contributed by atoms with Gasteiger partial charge in [0, 0.05) is 58.6 Å². The molecule has 29 heavy (non-hydrogen) atoms. The maximum absolute atomic E-state index is 13.0. The van der Waals surface area contributed by atoms with Crippen LogP contribution in [0.25, 0.3) is 11.1 Å². The van der Waals surface area contributed by atoms with Crippen LogP contribution in [0.4, 0.5) is 5.69 Å². The topological polar surface area (TPSA) is 60.5 Å². The predicted molar refractivity (Wildman–Crippen MR) is 117 cm³/mol. The number of benzene rings is 2. The van der Waals surface area contributed by atoms with Crippen LogP contribution in [0.1, 0.15) is 0 Å². The van der Waals surface area contributed by atoms with Gasteiger partial charge in [-0.05, 0) is 12.1 Å². The summed E-state index contributed by atoms with van der Waals surface area (Å²) in [7, 11) is -0.0685. The van der Waals surface area contributed by atoms with Crippen molar-refractivity contribution in [3.8, 4) is 16.9 Å². The highest BCUT2D eigenvalue weighted by Crippen LogP contribution is 2.44. The molecule has 2 heterocycles. The molecule has 156 valence electrons. The third-order valence-electron chi connectivity index (χ3n) is 5.69. The average Bonchev–Trinajstić information content (AvgIpc) is 2.78. The van der Waals surface area contributed by atoms with Gasteiger partial charge in [0.2, 0.25) is 0 Å². The van der Waals surface area contributed by atoms with E-state index in [1.165, 1.54) is 0 Å². The number of hydrogen-bond acceptors (Lipinski definition) is 7. The first kappa shape index (κ1) is 20.6. The molecule has 1 atom stereocenters. The molecule has 2 aromatic rings. The molecule has 0 amide bonds. The summed E-state index contributed by atoms with van der Waals surface area (Å²) in [4.78, 5) is 4.61. The van der Waals surface area contributed by atoms with E-state index < -0.39 is 16.8 Å². The van der Waals surface area contributed by atoms with Crippen LogP contribution in [0, 0.1) is 0 Å². The normalized spacial score (nSPS) is 19.4. The Morgan fingerprint density at radius 2 is 1.59 bits per heavy atom. The SMILES string of the molecule is CO[Si](CN1CCN(c2cccc3c2[PH](=O)Oc2ccccc2-3)CC1)(OC)OC. The Labute approximate surface area is 173 Å². The molecule has 0 aliphatic carbocycles. The lowest BCUT2D eigenvalue weighted by Crippen LogP contribution is -2.57. The van der Waals surface area contributed by atoms with E-state index in [9.17, 15) is 4.57 Å². The maximum Gasteiger partial charge on any atom is 0.514 e. The van der Waals surface area contributed by atoms with Crippen LogP contribution < -0.4 is 14.7 Å². The van der Waals surface area contributed by atoms with Crippen molar-refractivity contribution >= 4 is 27.8 Å². The van der Waals surface area contributed by atoms with E-state index in [0.717, 1.165) is 48.3 Å². The molecular weight excluding hydrogens is 407 g/mol. The number of hydrogen-bond donors (Lipinski definition) is 0. The highest BCUT2D eigenvalue weighted by atomic mass is 31.1. The van der Waals surface area contributed by atoms with Gasteiger partial charge < -0.3 is 22.7 Å². The molecule has 0 bridgehead atoms. The Bertz CT molecular complexity index is 892. The Kier molecular flexibility index (Phi) is 6.10. The van der Waals surface area contributed by atoms with Gasteiger partial charge in [-0.15, -0.1) is 0 Å². The van der Waals surface area contributed by atoms with Gasteiger partial charge in [0.1, 0.15) is 5.75 Å². The fraction of sp³-hybridized carbons (Fsp3) is 0.400. The van der Waals surface area contributed by atoms with E-state index in [2.05, 4.69) is 9.80 Å². The van der Waals surface area contributed by atoms with Crippen molar-refractivity contribution in [2.24, 2.45) is 0 Å². The summed E-state index contributed by atoms with van der Waals surface area (Å²) in [5.41, 5.74) is 3.03. The second kappa shape index (κ2) is 8.59. The smallest absolute Gasteiger partial charge is 0.441 e. The molecule has 0 radical (unpaired) electrons. The van der Waals surface area contributed by atoms with Gasteiger partial charge >= 0.3 is 8.80 Å². The number of nitrogens with zero attached hydrogens (tertiary/aromatic N) is 2. The largest absolute Gasteiger partial charge is 0.514 e. The Balaban J connectivity index is 1.54. The predicted octanol–water partition coefficient (Wildman–Crippen LogP) is 2.39. The van der Waals surface area contributed by atoms with Gasteiger partial charge in [-0.2, -0.15) is 0 Å². The summed E-state index contributed by atoms with van der Waals surface area (Å²) in [6, 6.07) is 13.9. The van der Waals surface area contributed by atoms with E-state index >= 15 is 0 Å². The molecule has 1 saturated heterocycles. The third-order valence-corrected chi connectivity index (χ3v) is 9.73. The quantitative estimate of drug-likeness (QED) is 0.511. The van der Waals surface area contributed by atoms with Crippen molar-refractivity contribution < 1.29 is 22.4 Å². The zero-order valence-corrected chi connectivity index (χ0v) is 19.0. The zero-order chi connectivity index (χ0) is 20.4. The third kappa shape index (κ3) is 3.89. The minimum absolute atomic E-state index is 0.657.